The van der Waals surface area contributed by atoms with Gasteiger partial charge in [-0.2, -0.15) is 25.3 Å². The Morgan fingerprint density at radius 3 is 1.30 bits per heavy atom. The highest BCUT2D eigenvalue weighted by Gasteiger charge is 2.49. The molecular weight excluding hydrogens is 1100 g/mol. The van der Waals surface area contributed by atoms with E-state index in [-0.39, 0.29) is 34.9 Å². The minimum absolute atomic E-state index is 0.0668. The third-order valence-corrected chi connectivity index (χ3v) is 13.5. The summed E-state index contributed by atoms with van der Waals surface area (Å²) in [5.41, 5.74) is 14.7. The fourth-order valence-corrected chi connectivity index (χ4v) is 9.44. The highest BCUT2D eigenvalue weighted by Crippen LogP contribution is 2.40. The molecule has 82 heavy (non-hydrogen) atoms. The van der Waals surface area contributed by atoms with Gasteiger partial charge in [0.25, 0.3) is 11.8 Å². The zero-order valence-electron chi connectivity index (χ0n) is 44.0. The molecule has 0 radical (unpaired) electrons. The first-order chi connectivity index (χ1) is 39.3. The third kappa shape index (κ3) is 11.1. The maximum atomic E-state index is 14.2. The second kappa shape index (κ2) is 24.6. The van der Waals surface area contributed by atoms with Crippen molar-refractivity contribution in [3.63, 3.8) is 0 Å². The van der Waals surface area contributed by atoms with Crippen molar-refractivity contribution < 1.29 is 86.8 Å². The zero-order chi connectivity index (χ0) is 59.0. The lowest BCUT2D eigenvalue weighted by molar-refractivity contribution is -0.0241. The second-order valence-electron chi connectivity index (χ2n) is 18.8. The molecule has 8 aromatic rings. The molecular formula is C46H58F4N18O14. The Labute approximate surface area is 458 Å². The first kappa shape index (κ1) is 59.3. The summed E-state index contributed by atoms with van der Waals surface area (Å²) in [6, 6.07) is 0. The van der Waals surface area contributed by atoms with E-state index in [9.17, 15) is 38.0 Å². The van der Waals surface area contributed by atoms with Crippen LogP contribution in [0.1, 0.15) is 71.5 Å². The van der Waals surface area contributed by atoms with Crippen LogP contribution in [0, 0.1) is 20.8 Å². The summed E-state index contributed by atoms with van der Waals surface area (Å²) in [5.74, 6) is 1.38. The van der Waals surface area contributed by atoms with Crippen LogP contribution in [0.5, 0.6) is 11.8 Å². The number of imidazole rings is 4. The van der Waals surface area contributed by atoms with E-state index in [1.807, 2.05) is 0 Å². The molecule has 4 saturated heterocycles. The van der Waals surface area contributed by atoms with Crippen molar-refractivity contribution in [2.24, 2.45) is 0 Å². The predicted octanol–water partition coefficient (Wildman–Crippen LogP) is -2.48. The van der Waals surface area contributed by atoms with E-state index in [4.69, 9.17) is 60.3 Å². The molecule has 36 heteroatoms. The Hall–Kier alpha value is -7.36. The Morgan fingerprint density at radius 1 is 0.512 bits per heavy atom. The van der Waals surface area contributed by atoms with Gasteiger partial charge in [0, 0.05) is 0 Å². The molecule has 0 saturated carbocycles. The van der Waals surface area contributed by atoms with Crippen LogP contribution in [-0.4, -0.2) is 233 Å². The molecule has 32 nitrogen and oxygen atoms in total. The summed E-state index contributed by atoms with van der Waals surface area (Å²) in [6.45, 7) is 5.34. The number of aliphatic hydroxyl groups is 8. The highest BCUT2D eigenvalue weighted by molar-refractivity contribution is 5.59. The summed E-state index contributed by atoms with van der Waals surface area (Å²) in [4.78, 5) is 32.3. The largest absolute Gasteiger partial charge is 0.478 e. The van der Waals surface area contributed by atoms with Crippen LogP contribution in [-0.2, 0) is 18.9 Å². The number of hydrogen-bond acceptors (Lipinski definition) is 28. The molecule has 8 aromatic heterocycles. The van der Waals surface area contributed by atoms with E-state index in [0.29, 0.717) is 58.0 Å². The molecule has 0 aromatic carbocycles. The van der Waals surface area contributed by atoms with Crippen LogP contribution in [0.4, 0.5) is 29.3 Å². The molecule has 0 bridgehead atoms. The number of fused-ring (bicyclic) bond motifs is 4. The summed E-state index contributed by atoms with van der Waals surface area (Å²) in [5, 5.41) is 91.3. The van der Waals surface area contributed by atoms with E-state index >= 15 is 0 Å². The lowest BCUT2D eigenvalue weighted by atomic mass is 10.1. The maximum Gasteiger partial charge on any atom is 0.263 e. The fourth-order valence-electron chi connectivity index (χ4n) is 9.44. The summed E-state index contributed by atoms with van der Waals surface area (Å²) >= 11 is 0. The number of nitrogens with zero attached hydrogens (tertiary/aromatic N) is 16. The molecule has 4 fully saturated rings. The van der Waals surface area contributed by atoms with Crippen LogP contribution >= 0.6 is 0 Å². The molecule has 0 aliphatic carbocycles. The average molecular weight is 1160 g/mol. The van der Waals surface area contributed by atoms with Gasteiger partial charge in [-0.1, -0.05) is 0 Å². The highest BCUT2D eigenvalue weighted by atomic mass is 19.1. The van der Waals surface area contributed by atoms with E-state index in [0.717, 1.165) is 0 Å². The number of nitrogens with two attached hydrogens (primary N) is 2. The number of aryl methyl sites for hydroxylation is 3. The van der Waals surface area contributed by atoms with Gasteiger partial charge in [0.1, 0.15) is 91.2 Å². The SMILES string of the molecule is CCOc1nc(N)nn2c([C@@H]3O[C@H](CO)[C@@H](O)[C@H]3F)cnc12.COc1nc(C)nn2c([C@@H]3O[C@H](CO)[C@@H](O)[C@H]3F)cnc12.Cc1nc(N)c2ncc([C@@H]3O[C@H](CO)[C@@H](O)[C@H]3F)n2n1.Cc1ncnn2c([C@@H]3O[C@H](CO)[C@@H](O)[C@H]3F)cnc12. The standard InChI is InChI=1S/C12H16FN5O4.C12H15FN4O4.C11H14FN5O3.C11H13FN4O3/c1-2-21-11-10-15-3-5(18(10)17-12(14)16-11)9-7(13)8(20)6(4-19)22-9;1-5-15-12(20-2)11-14-3-6(17(11)16-5)10-8(13)9(19)7(4-18)21-10;1-4-15-10(13)11-14-2-5(17(11)16-4)9-7(12)8(19)6(3-18)20-9;1-5-11-13-2-6(16(11)15-4-14-5)10-8(12)9(18)7(3-17)19-10/h3,6-9,19-20H,2,4H2,1H3,(H2,14,17);3,7-10,18-19H,4H2,1-2H3;2,6-9,18-19H,3H2,1H3,(H2,13,15,16);2,4,7-10,17-18H,3H2,1H3/t6-,7-,8-,9+;7-,8-,9-,10+;6-,7-,8-,9+;7-,8-,9-,10+/m1111/s1. The van der Waals surface area contributed by atoms with Gasteiger partial charge < -0.3 is 80.7 Å². The van der Waals surface area contributed by atoms with Gasteiger partial charge in [0.05, 0.1) is 93.4 Å². The van der Waals surface area contributed by atoms with Gasteiger partial charge in [0.2, 0.25) is 17.2 Å². The van der Waals surface area contributed by atoms with Crippen LogP contribution < -0.4 is 20.9 Å². The number of aromatic nitrogens is 16. The van der Waals surface area contributed by atoms with Crippen molar-refractivity contribution in [1.29, 1.82) is 0 Å². The first-order valence-electron chi connectivity index (χ1n) is 25.2. The van der Waals surface area contributed by atoms with Gasteiger partial charge in [0.15, 0.2) is 41.8 Å². The molecule has 12 heterocycles. The first-order valence-corrected chi connectivity index (χ1v) is 25.2. The number of alkyl halides is 4. The summed E-state index contributed by atoms with van der Waals surface area (Å²) < 4.78 is 93.8. The second-order valence-corrected chi connectivity index (χ2v) is 18.8. The smallest absolute Gasteiger partial charge is 0.263 e. The van der Waals surface area contributed by atoms with Crippen molar-refractivity contribution >= 4 is 34.4 Å². The fraction of sp³-hybridized carbons (Fsp3) is 0.565. The van der Waals surface area contributed by atoms with Crippen LogP contribution in [0.15, 0.2) is 31.1 Å². The number of methoxy groups -OCH3 is 1. The normalized spacial score (nSPS) is 29.7. The number of rotatable bonds is 11. The Morgan fingerprint density at radius 2 is 0.890 bits per heavy atom. The molecule has 12 N–H and O–H groups in total. The number of nitrogen functional groups attached to an aromatic ring is 2. The van der Waals surface area contributed by atoms with Gasteiger partial charge in [-0.25, -0.2) is 65.5 Å². The van der Waals surface area contributed by atoms with E-state index in [1.54, 1.807) is 27.7 Å². The molecule has 4 aliphatic heterocycles. The summed E-state index contributed by atoms with van der Waals surface area (Å²) in [6.07, 6.45) is -13.5. The van der Waals surface area contributed by atoms with Crippen LogP contribution in [0.3, 0.4) is 0 Å². The Bertz CT molecular complexity index is 3490. The lowest BCUT2D eigenvalue weighted by Gasteiger charge is -2.12. The average Bonchev–Trinajstić information content (AvgIpc) is 4.48. The molecule has 0 spiro atoms. The van der Waals surface area contributed by atoms with Gasteiger partial charge in [-0.15, -0.1) is 5.10 Å². The number of halogens is 4. The van der Waals surface area contributed by atoms with Crippen molar-refractivity contribution in [2.75, 3.05) is 51.6 Å². The minimum Gasteiger partial charge on any atom is -0.478 e. The lowest BCUT2D eigenvalue weighted by Crippen LogP contribution is -2.30. The van der Waals surface area contributed by atoms with Gasteiger partial charge >= 0.3 is 0 Å². The number of anilines is 2. The molecule has 444 valence electrons. The van der Waals surface area contributed by atoms with Crippen molar-refractivity contribution in [3.05, 3.63) is 71.2 Å². The molecule has 4 aliphatic rings. The predicted molar refractivity (Wildman–Crippen MR) is 266 cm³/mol. The topological polar surface area (TPSA) is 442 Å². The van der Waals surface area contributed by atoms with E-state index < -0.39 is 124 Å². The number of aliphatic hydroxyl groups excluding tert-OH is 8. The monoisotopic (exact) mass is 1160 g/mol. The molecule has 0 amide bonds. The quantitative estimate of drug-likeness (QED) is 0.0599. The number of ether oxygens (including phenoxy) is 6. The van der Waals surface area contributed by atoms with Gasteiger partial charge in [-0.3, -0.25) is 0 Å². The minimum atomic E-state index is -1.72. The van der Waals surface area contributed by atoms with Crippen molar-refractivity contribution in [3.8, 4) is 11.8 Å². The molecule has 0 unspecified atom stereocenters. The van der Waals surface area contributed by atoms with E-state index in [1.165, 1.54) is 56.3 Å². The zero-order valence-corrected chi connectivity index (χ0v) is 44.0. The van der Waals surface area contributed by atoms with E-state index in [2.05, 4.69) is 60.3 Å². The summed E-state index contributed by atoms with van der Waals surface area (Å²) in [7, 11) is 1.45. The van der Waals surface area contributed by atoms with Crippen LogP contribution in [0.2, 0.25) is 0 Å². The van der Waals surface area contributed by atoms with Gasteiger partial charge in [-0.05, 0) is 27.7 Å². The molecule has 12 rings (SSSR count). The van der Waals surface area contributed by atoms with Crippen LogP contribution in [0.25, 0.3) is 22.6 Å². The molecule has 16 atom stereocenters. The third-order valence-electron chi connectivity index (χ3n) is 13.5. The maximum absolute atomic E-state index is 14.2. The Balaban J connectivity index is 0.000000132. The van der Waals surface area contributed by atoms with Crippen molar-refractivity contribution in [2.45, 2.75) is 126 Å². The Kier molecular flexibility index (Phi) is 17.8. The van der Waals surface area contributed by atoms with Crippen molar-refractivity contribution in [1.82, 2.24) is 78.3 Å². The number of hydrogen-bond donors (Lipinski definition) is 10.